The largest absolute Gasteiger partial charge is 0.424 e. The third-order valence-electron chi connectivity index (χ3n) is 0.372. The molecule has 56 valence electrons. The number of carbonyl (C=O) groups is 1. The molecule has 0 atom stereocenters. The van der Waals surface area contributed by atoms with Gasteiger partial charge in [0.25, 0.3) is 0 Å². The van der Waals surface area contributed by atoms with E-state index in [4.69, 9.17) is 5.26 Å². The van der Waals surface area contributed by atoms with Crippen LogP contribution in [-0.2, 0) is 14.9 Å². The fraction of sp³-hybridized carbons (Fsp3) is 0. The Balaban J connectivity index is 3.97. The summed E-state index contributed by atoms with van der Waals surface area (Å²) in [6.07, 6.45) is -1.33. The van der Waals surface area contributed by atoms with Crippen molar-refractivity contribution in [1.82, 2.24) is 4.89 Å². The van der Waals surface area contributed by atoms with Crippen LogP contribution in [0.5, 0.6) is 0 Å². The van der Waals surface area contributed by atoms with Crippen LogP contribution in [-0.4, -0.2) is 14.5 Å². The quantitative estimate of drug-likeness (QED) is 0.289. The second-order valence-electron chi connectivity index (χ2n) is 1.10. The van der Waals surface area contributed by atoms with Crippen LogP contribution >= 0.6 is 0 Å². The smallest absolute Gasteiger partial charge is 0.338 e. The number of primary amides is 1. The van der Waals surface area contributed by atoms with Crippen LogP contribution in [0.15, 0.2) is 0 Å². The Morgan fingerprint density at radius 3 is 2.50 bits per heavy atom. The van der Waals surface area contributed by atoms with Crippen LogP contribution in [0.2, 0.25) is 0 Å². The first-order valence-electron chi connectivity index (χ1n) is 1.87. The molecule has 10 heavy (non-hydrogen) atoms. The van der Waals surface area contributed by atoms with Crippen molar-refractivity contribution in [2.45, 2.75) is 0 Å². The molecule has 0 bridgehead atoms. The van der Waals surface area contributed by atoms with Crippen LogP contribution in [0.3, 0.4) is 0 Å². The highest BCUT2D eigenvalue weighted by atomic mass is 32.2. The molecule has 0 aromatic carbocycles. The average Bonchev–Trinajstić information content (AvgIpc) is 1.85. The zero-order valence-electron chi connectivity index (χ0n) is 4.57. The van der Waals surface area contributed by atoms with E-state index in [0.717, 1.165) is 10.3 Å². The molecule has 8 heteroatoms. The summed E-state index contributed by atoms with van der Waals surface area (Å²) >= 11 is 0. The second kappa shape index (κ2) is 3.00. The molecule has 0 spiro atoms. The highest BCUT2D eigenvalue weighted by molar-refractivity contribution is 7.93. The number of hydrogen-bond acceptors (Lipinski definition) is 5. The summed E-state index contributed by atoms with van der Waals surface area (Å²) in [6, 6.07) is 0. The van der Waals surface area contributed by atoms with E-state index in [1.54, 1.807) is 0 Å². The van der Waals surface area contributed by atoms with Gasteiger partial charge in [-0.2, -0.15) is 13.7 Å². The van der Waals surface area contributed by atoms with Crippen molar-refractivity contribution in [1.29, 1.82) is 5.26 Å². The summed E-state index contributed by atoms with van der Waals surface area (Å²) in [4.78, 5) is 14.4. The van der Waals surface area contributed by atoms with Gasteiger partial charge in [-0.15, -0.1) is 0 Å². The van der Waals surface area contributed by atoms with Gasteiger partial charge in [0, 0.05) is 0 Å². The Morgan fingerprint density at radius 2 is 2.20 bits per heavy atom. The first-order valence-corrected chi connectivity index (χ1v) is 3.35. The van der Waals surface area contributed by atoms with Gasteiger partial charge < -0.3 is 10.6 Å². The van der Waals surface area contributed by atoms with Crippen molar-refractivity contribution in [2.24, 2.45) is 5.73 Å². The second-order valence-corrected chi connectivity index (χ2v) is 2.46. The molecule has 1 amide bonds. The molecule has 0 saturated carbocycles. The lowest BCUT2D eigenvalue weighted by molar-refractivity contribution is 0.135. The Kier molecular flexibility index (Phi) is 2.60. The molecule has 0 aliphatic carbocycles. The SMILES string of the molecule is N#CS(=O)(=O)NOC(N)=O. The van der Waals surface area contributed by atoms with Gasteiger partial charge in [-0.3, -0.25) is 0 Å². The topological polar surface area (TPSA) is 122 Å². The maximum absolute atomic E-state index is 10.1. The molecule has 3 N–H and O–H groups in total. The lowest BCUT2D eigenvalue weighted by atomic mass is 11.3. The number of sulfonamides is 1. The zero-order chi connectivity index (χ0) is 8.20. The zero-order valence-corrected chi connectivity index (χ0v) is 5.38. The van der Waals surface area contributed by atoms with Crippen molar-refractivity contribution < 1.29 is 18.0 Å². The van der Waals surface area contributed by atoms with Gasteiger partial charge in [-0.05, 0) is 4.89 Å². The molecule has 0 aliphatic rings. The van der Waals surface area contributed by atoms with Gasteiger partial charge in [0.1, 0.15) is 0 Å². The number of carbonyl (C=O) groups excluding carboxylic acids is 1. The monoisotopic (exact) mass is 165 g/mol. The molecule has 7 nitrogen and oxygen atoms in total. The maximum Gasteiger partial charge on any atom is 0.424 e. The third kappa shape index (κ3) is 3.65. The standard InChI is InChI=1S/C2H3N3O4S/c3-1-10(7,8)5-9-2(4)6/h5H,(H2,4,6). The lowest BCUT2D eigenvalue weighted by Crippen LogP contribution is -2.28. The van der Waals surface area contributed by atoms with Gasteiger partial charge in [0.15, 0.2) is 0 Å². The summed E-state index contributed by atoms with van der Waals surface area (Å²) in [5.74, 6) is 0. The Hall–Kier alpha value is -1.33. The summed E-state index contributed by atoms with van der Waals surface area (Å²) in [7, 11) is -4.18. The first-order chi connectivity index (χ1) is 4.48. The normalized spacial score (nSPS) is 9.90. The van der Waals surface area contributed by atoms with E-state index in [1.807, 2.05) is 0 Å². The molecule has 0 aromatic heterocycles. The van der Waals surface area contributed by atoms with E-state index in [1.165, 1.54) is 0 Å². The van der Waals surface area contributed by atoms with Crippen LogP contribution in [0.4, 0.5) is 4.79 Å². The number of nitrogens with zero attached hydrogens (tertiary/aromatic N) is 1. The van der Waals surface area contributed by atoms with Gasteiger partial charge in [0.2, 0.25) is 5.40 Å². The fourth-order valence-electron chi connectivity index (χ4n) is 0.115. The van der Waals surface area contributed by atoms with E-state index in [-0.39, 0.29) is 0 Å². The molecule has 0 fully saturated rings. The van der Waals surface area contributed by atoms with E-state index in [0.29, 0.717) is 0 Å². The van der Waals surface area contributed by atoms with Crippen molar-refractivity contribution in [2.75, 3.05) is 0 Å². The number of rotatable bonds is 2. The van der Waals surface area contributed by atoms with Crippen molar-refractivity contribution in [3.8, 4) is 5.40 Å². The van der Waals surface area contributed by atoms with Crippen LogP contribution < -0.4 is 10.6 Å². The molecular weight excluding hydrogens is 162 g/mol. The van der Waals surface area contributed by atoms with Crippen LogP contribution in [0.1, 0.15) is 0 Å². The summed E-state index contributed by atoms with van der Waals surface area (Å²) in [5.41, 5.74) is 4.36. The number of thiocyanates is 1. The molecule has 0 rings (SSSR count). The van der Waals surface area contributed by atoms with Crippen LogP contribution in [0.25, 0.3) is 0 Å². The maximum atomic E-state index is 10.1. The van der Waals surface area contributed by atoms with Gasteiger partial charge in [0.05, 0.1) is 0 Å². The van der Waals surface area contributed by atoms with Crippen molar-refractivity contribution in [3.63, 3.8) is 0 Å². The molecule has 0 radical (unpaired) electrons. The number of nitrogens with one attached hydrogen (secondary N) is 1. The molecular formula is C2H3N3O4S. The molecule has 0 aromatic rings. The highest BCUT2D eigenvalue weighted by Gasteiger charge is 2.08. The third-order valence-corrected chi connectivity index (χ3v) is 0.915. The van der Waals surface area contributed by atoms with E-state index in [2.05, 4.69) is 10.6 Å². The summed E-state index contributed by atoms with van der Waals surface area (Å²) in [5, 5.41) is 8.60. The minimum atomic E-state index is -4.18. The molecule has 0 saturated heterocycles. The summed E-state index contributed by atoms with van der Waals surface area (Å²) < 4.78 is 20.2. The Bertz CT molecular complexity index is 261. The molecule has 0 aliphatic heterocycles. The summed E-state index contributed by atoms with van der Waals surface area (Å²) in [6.45, 7) is 0. The number of nitrogens with two attached hydrogens (primary N) is 1. The van der Waals surface area contributed by atoms with E-state index < -0.39 is 16.1 Å². The number of amides is 1. The molecule has 0 heterocycles. The van der Waals surface area contributed by atoms with Crippen molar-refractivity contribution >= 4 is 16.1 Å². The van der Waals surface area contributed by atoms with Gasteiger partial charge in [-0.25, -0.2) is 4.79 Å². The van der Waals surface area contributed by atoms with E-state index in [9.17, 15) is 13.2 Å². The minimum Gasteiger partial charge on any atom is -0.338 e. The minimum absolute atomic E-state index is 0.825. The van der Waals surface area contributed by atoms with Crippen molar-refractivity contribution in [3.05, 3.63) is 0 Å². The number of nitriles is 1. The fourth-order valence-corrected chi connectivity index (χ4v) is 0.344. The van der Waals surface area contributed by atoms with Gasteiger partial charge >= 0.3 is 16.1 Å². The predicted molar refractivity (Wildman–Crippen MR) is 28.3 cm³/mol. The lowest BCUT2D eigenvalue weighted by Gasteiger charge is -1.94. The molecule has 0 unspecified atom stereocenters. The highest BCUT2D eigenvalue weighted by Crippen LogP contribution is 1.77. The number of hydrogen-bond donors (Lipinski definition) is 2. The first kappa shape index (κ1) is 8.67. The predicted octanol–water partition coefficient (Wildman–Crippen LogP) is -1.60. The Labute approximate surface area is 56.4 Å². The van der Waals surface area contributed by atoms with Crippen LogP contribution in [0, 0.1) is 10.7 Å². The Morgan fingerprint density at radius 1 is 1.70 bits per heavy atom. The average molecular weight is 165 g/mol. The van der Waals surface area contributed by atoms with Gasteiger partial charge in [-0.1, -0.05) is 0 Å². The van der Waals surface area contributed by atoms with E-state index >= 15 is 0 Å².